The molecule has 1 aliphatic rings. The van der Waals surface area contributed by atoms with E-state index in [0.717, 1.165) is 5.56 Å². The summed E-state index contributed by atoms with van der Waals surface area (Å²) in [5.41, 5.74) is 0.823. The zero-order valence-corrected chi connectivity index (χ0v) is 7.44. The molecule has 0 spiro atoms. The summed E-state index contributed by atoms with van der Waals surface area (Å²) in [7, 11) is 0. The van der Waals surface area contributed by atoms with Crippen LogP contribution >= 0.6 is 0 Å². The molecule has 0 saturated carbocycles. The molecule has 0 radical (unpaired) electrons. The van der Waals surface area contributed by atoms with Crippen LogP contribution in [-0.2, 0) is 9.53 Å². The van der Waals surface area contributed by atoms with Crippen LogP contribution in [0.25, 0.3) is 0 Å². The summed E-state index contributed by atoms with van der Waals surface area (Å²) >= 11 is 0. The fraction of sp³-hybridized carbons (Fsp3) is 0.182. The lowest BCUT2D eigenvalue weighted by atomic mass is 10.0. The monoisotopic (exact) mass is 192 g/mol. The van der Waals surface area contributed by atoms with Gasteiger partial charge in [0, 0.05) is 12.5 Å². The van der Waals surface area contributed by atoms with Crippen LogP contribution in [0.3, 0.4) is 0 Å². The smallest absolute Gasteiger partial charge is 0.331 e. The molecule has 72 valence electrons. The molecule has 2 rings (SSSR count). The van der Waals surface area contributed by atoms with Crippen molar-refractivity contribution in [2.75, 3.05) is 0 Å². The highest BCUT2D eigenvalue weighted by atomic mass is 19.1. The number of hydrogen-bond acceptors (Lipinski definition) is 2. The number of rotatable bonds is 1. The van der Waals surface area contributed by atoms with Crippen molar-refractivity contribution in [3.05, 3.63) is 47.8 Å². The molecule has 1 atom stereocenters. The van der Waals surface area contributed by atoms with E-state index < -0.39 is 0 Å². The summed E-state index contributed by atoms with van der Waals surface area (Å²) in [6.07, 6.45) is 3.55. The predicted octanol–water partition coefficient (Wildman–Crippen LogP) is 2.37. The molecule has 0 aliphatic carbocycles. The van der Waals surface area contributed by atoms with Crippen molar-refractivity contribution >= 4 is 5.97 Å². The van der Waals surface area contributed by atoms with Crippen LogP contribution in [0, 0.1) is 5.82 Å². The first kappa shape index (κ1) is 8.94. The maximum Gasteiger partial charge on any atom is 0.331 e. The lowest BCUT2D eigenvalue weighted by molar-refractivity contribution is -0.144. The summed E-state index contributed by atoms with van der Waals surface area (Å²) in [5, 5.41) is 0. The number of cyclic esters (lactones) is 1. The van der Waals surface area contributed by atoms with Gasteiger partial charge in [0.25, 0.3) is 0 Å². The number of benzene rings is 1. The number of hydrogen-bond donors (Lipinski definition) is 0. The SMILES string of the molecule is O=C1C=CCC(c2ccc(F)cc2)O1. The molecular formula is C11H9FO2. The highest BCUT2D eigenvalue weighted by Crippen LogP contribution is 2.24. The molecule has 0 aromatic heterocycles. The van der Waals surface area contributed by atoms with Gasteiger partial charge in [-0.15, -0.1) is 0 Å². The van der Waals surface area contributed by atoms with Gasteiger partial charge in [0.05, 0.1) is 0 Å². The molecule has 0 saturated heterocycles. The summed E-state index contributed by atoms with van der Waals surface area (Å²) in [4.78, 5) is 10.9. The van der Waals surface area contributed by atoms with Crippen molar-refractivity contribution in [3.63, 3.8) is 0 Å². The molecule has 0 N–H and O–H groups in total. The topological polar surface area (TPSA) is 26.3 Å². The fourth-order valence-electron chi connectivity index (χ4n) is 1.40. The van der Waals surface area contributed by atoms with Gasteiger partial charge in [-0.3, -0.25) is 0 Å². The predicted molar refractivity (Wildman–Crippen MR) is 49.0 cm³/mol. The Hall–Kier alpha value is -1.64. The van der Waals surface area contributed by atoms with Gasteiger partial charge < -0.3 is 4.74 Å². The van der Waals surface area contributed by atoms with Crippen molar-refractivity contribution in [1.29, 1.82) is 0 Å². The number of carbonyl (C=O) groups excluding carboxylic acids is 1. The third-order valence-corrected chi connectivity index (χ3v) is 2.10. The first-order chi connectivity index (χ1) is 6.75. The van der Waals surface area contributed by atoms with Gasteiger partial charge in [-0.25, -0.2) is 9.18 Å². The Balaban J connectivity index is 2.19. The molecule has 1 aromatic carbocycles. The Bertz CT molecular complexity index is 367. The second-order valence-corrected chi connectivity index (χ2v) is 3.12. The Kier molecular flexibility index (Phi) is 2.31. The highest BCUT2D eigenvalue weighted by Gasteiger charge is 2.17. The molecule has 2 nitrogen and oxygen atoms in total. The average Bonchev–Trinajstić information content (AvgIpc) is 2.19. The van der Waals surface area contributed by atoms with Crippen molar-refractivity contribution in [2.24, 2.45) is 0 Å². The second kappa shape index (κ2) is 3.62. The summed E-state index contributed by atoms with van der Waals surface area (Å²) in [6.45, 7) is 0. The minimum Gasteiger partial charge on any atom is -0.454 e. The van der Waals surface area contributed by atoms with E-state index in [1.807, 2.05) is 0 Å². The van der Waals surface area contributed by atoms with Crippen molar-refractivity contribution in [2.45, 2.75) is 12.5 Å². The van der Waals surface area contributed by atoms with Gasteiger partial charge in [0.2, 0.25) is 0 Å². The first-order valence-electron chi connectivity index (χ1n) is 4.38. The maximum absolute atomic E-state index is 12.6. The van der Waals surface area contributed by atoms with E-state index in [9.17, 15) is 9.18 Å². The summed E-state index contributed by atoms with van der Waals surface area (Å²) < 4.78 is 17.7. The van der Waals surface area contributed by atoms with Gasteiger partial charge in [-0.2, -0.15) is 0 Å². The van der Waals surface area contributed by atoms with Crippen molar-refractivity contribution in [3.8, 4) is 0 Å². The van der Waals surface area contributed by atoms with Crippen molar-refractivity contribution in [1.82, 2.24) is 0 Å². The largest absolute Gasteiger partial charge is 0.454 e. The van der Waals surface area contributed by atoms with Crippen LogP contribution in [0.2, 0.25) is 0 Å². The number of ether oxygens (including phenoxy) is 1. The number of halogens is 1. The van der Waals surface area contributed by atoms with E-state index in [2.05, 4.69) is 0 Å². The van der Waals surface area contributed by atoms with E-state index in [-0.39, 0.29) is 17.9 Å². The zero-order valence-electron chi connectivity index (χ0n) is 7.44. The van der Waals surface area contributed by atoms with Gasteiger partial charge in [-0.05, 0) is 17.7 Å². The number of carbonyl (C=O) groups is 1. The Labute approximate surface area is 81.0 Å². The first-order valence-corrected chi connectivity index (χ1v) is 4.38. The third-order valence-electron chi connectivity index (χ3n) is 2.10. The van der Waals surface area contributed by atoms with Crippen LogP contribution in [0.1, 0.15) is 18.1 Å². The molecule has 14 heavy (non-hydrogen) atoms. The van der Waals surface area contributed by atoms with E-state index >= 15 is 0 Å². The molecule has 1 aliphatic heterocycles. The molecule has 3 heteroatoms. The third kappa shape index (κ3) is 1.82. The van der Waals surface area contributed by atoms with Gasteiger partial charge >= 0.3 is 5.97 Å². The molecular weight excluding hydrogens is 183 g/mol. The average molecular weight is 192 g/mol. The van der Waals surface area contributed by atoms with E-state index in [0.29, 0.717) is 6.42 Å². The van der Waals surface area contributed by atoms with Gasteiger partial charge in [-0.1, -0.05) is 18.2 Å². The minimum atomic E-state index is -0.342. The minimum absolute atomic E-state index is 0.270. The quantitative estimate of drug-likeness (QED) is 0.638. The van der Waals surface area contributed by atoms with Gasteiger partial charge in [0.1, 0.15) is 11.9 Å². The molecule has 1 heterocycles. The fourth-order valence-corrected chi connectivity index (χ4v) is 1.40. The summed E-state index contributed by atoms with van der Waals surface area (Å²) in [5.74, 6) is -0.628. The lowest BCUT2D eigenvalue weighted by Crippen LogP contribution is -2.12. The van der Waals surface area contributed by atoms with E-state index in [1.54, 1.807) is 18.2 Å². The molecule has 0 fully saturated rings. The van der Waals surface area contributed by atoms with Crippen LogP contribution in [0.4, 0.5) is 4.39 Å². The lowest BCUT2D eigenvalue weighted by Gasteiger charge is -2.18. The molecule has 0 bridgehead atoms. The van der Waals surface area contributed by atoms with Crippen LogP contribution in [0.5, 0.6) is 0 Å². The van der Waals surface area contributed by atoms with E-state index in [1.165, 1.54) is 18.2 Å². The number of esters is 1. The molecule has 1 unspecified atom stereocenters. The van der Waals surface area contributed by atoms with Crippen LogP contribution in [0.15, 0.2) is 36.4 Å². The van der Waals surface area contributed by atoms with E-state index in [4.69, 9.17) is 4.74 Å². The maximum atomic E-state index is 12.6. The van der Waals surface area contributed by atoms with Crippen molar-refractivity contribution < 1.29 is 13.9 Å². The molecule has 0 amide bonds. The summed E-state index contributed by atoms with van der Waals surface area (Å²) in [6, 6.07) is 5.99. The van der Waals surface area contributed by atoms with Crippen LogP contribution < -0.4 is 0 Å². The standard InChI is InChI=1S/C11H9FO2/c12-9-6-4-8(5-7-9)10-2-1-3-11(13)14-10/h1,3-7,10H,2H2. The zero-order chi connectivity index (χ0) is 9.97. The van der Waals surface area contributed by atoms with Gasteiger partial charge in [0.15, 0.2) is 0 Å². The van der Waals surface area contributed by atoms with Crippen LogP contribution in [-0.4, -0.2) is 5.97 Å². The highest BCUT2D eigenvalue weighted by molar-refractivity contribution is 5.82. The molecule has 1 aromatic rings. The Morgan fingerprint density at radius 2 is 2.00 bits per heavy atom. The Morgan fingerprint density at radius 1 is 1.29 bits per heavy atom. The Morgan fingerprint density at radius 3 is 2.64 bits per heavy atom. The second-order valence-electron chi connectivity index (χ2n) is 3.12. The normalized spacial score (nSPS) is 20.6.